The Bertz CT molecular complexity index is 586. The zero-order chi connectivity index (χ0) is 17.0. The lowest BCUT2D eigenvalue weighted by Crippen LogP contribution is -2.42. The van der Waals surface area contributed by atoms with Gasteiger partial charge in [0.2, 0.25) is 11.8 Å². The molecule has 0 atom stereocenters. The van der Waals surface area contributed by atoms with Gasteiger partial charge in [-0.3, -0.25) is 9.59 Å². The van der Waals surface area contributed by atoms with Gasteiger partial charge in [0.15, 0.2) is 0 Å². The zero-order valence-electron chi connectivity index (χ0n) is 12.4. The van der Waals surface area contributed by atoms with Crippen molar-refractivity contribution >= 4 is 11.8 Å². The van der Waals surface area contributed by atoms with Gasteiger partial charge in [-0.05, 0) is 24.5 Å². The number of nitrogens with two attached hydrogens (primary N) is 1. The van der Waals surface area contributed by atoms with Gasteiger partial charge in [-0.15, -0.1) is 0 Å². The van der Waals surface area contributed by atoms with E-state index in [9.17, 15) is 22.8 Å². The van der Waals surface area contributed by atoms with Crippen LogP contribution in [0.15, 0.2) is 24.3 Å². The van der Waals surface area contributed by atoms with Crippen LogP contribution in [0.2, 0.25) is 0 Å². The summed E-state index contributed by atoms with van der Waals surface area (Å²) in [5, 5.41) is 2.35. The molecule has 23 heavy (non-hydrogen) atoms. The number of carbonyl (C=O) groups excluding carboxylic acids is 2. The van der Waals surface area contributed by atoms with E-state index in [-0.39, 0.29) is 31.2 Å². The minimum Gasteiger partial charge on any atom is -0.346 e. The van der Waals surface area contributed by atoms with E-state index in [0.717, 1.165) is 18.9 Å². The second kappa shape index (κ2) is 6.99. The fourth-order valence-electron chi connectivity index (χ4n) is 2.27. The Morgan fingerprint density at radius 2 is 1.91 bits per heavy atom. The highest BCUT2D eigenvalue weighted by atomic mass is 19.4. The molecule has 3 N–H and O–H groups in total. The van der Waals surface area contributed by atoms with Crippen molar-refractivity contribution in [3.8, 4) is 0 Å². The molecule has 0 radical (unpaired) electrons. The van der Waals surface area contributed by atoms with E-state index < -0.39 is 23.6 Å². The van der Waals surface area contributed by atoms with Crippen LogP contribution in [0.25, 0.3) is 0 Å². The van der Waals surface area contributed by atoms with Crippen molar-refractivity contribution in [2.75, 3.05) is 13.1 Å². The lowest BCUT2D eigenvalue weighted by molar-refractivity contribution is -0.140. The molecule has 0 heterocycles. The topological polar surface area (TPSA) is 75.4 Å². The summed E-state index contributed by atoms with van der Waals surface area (Å²) in [6.07, 6.45) is -2.96. The van der Waals surface area contributed by atoms with Crippen molar-refractivity contribution in [1.29, 1.82) is 0 Å². The second-order valence-corrected chi connectivity index (χ2v) is 5.39. The third-order valence-electron chi connectivity index (χ3n) is 3.59. The first kappa shape index (κ1) is 17.3. The number of amides is 2. The Balaban J connectivity index is 2.12. The summed E-state index contributed by atoms with van der Waals surface area (Å²) in [6, 6.07) is 5.12. The molecule has 2 rings (SSSR count). The van der Waals surface area contributed by atoms with Gasteiger partial charge in [-0.1, -0.05) is 18.2 Å². The van der Waals surface area contributed by atoms with Crippen molar-refractivity contribution in [2.24, 2.45) is 5.73 Å². The van der Waals surface area contributed by atoms with Gasteiger partial charge in [0.1, 0.15) is 0 Å². The van der Waals surface area contributed by atoms with Crippen molar-refractivity contribution in [3.05, 3.63) is 35.4 Å². The molecule has 1 aliphatic carbocycles. The van der Waals surface area contributed by atoms with Gasteiger partial charge in [-0.2, -0.15) is 13.2 Å². The third kappa shape index (κ3) is 4.69. The predicted molar refractivity (Wildman–Crippen MR) is 77.1 cm³/mol. The molecule has 0 spiro atoms. The minimum atomic E-state index is -4.47. The minimum absolute atomic E-state index is 0.0467. The average Bonchev–Trinajstić information content (AvgIpc) is 3.34. The third-order valence-corrected chi connectivity index (χ3v) is 3.59. The molecule has 5 nitrogen and oxygen atoms in total. The summed E-state index contributed by atoms with van der Waals surface area (Å²) < 4.78 is 39.1. The lowest BCUT2D eigenvalue weighted by atomic mass is 10.1. The molecule has 2 amide bonds. The summed E-state index contributed by atoms with van der Waals surface area (Å²) in [7, 11) is 0. The number of benzene rings is 1. The van der Waals surface area contributed by atoms with Crippen LogP contribution in [-0.4, -0.2) is 35.8 Å². The smallest absolute Gasteiger partial charge is 0.346 e. The zero-order valence-corrected chi connectivity index (χ0v) is 12.4. The SMILES string of the molecule is NCC(=O)NCC(=O)N(Cc1ccccc1C(F)(F)F)C1CC1. The number of hydrogen-bond acceptors (Lipinski definition) is 3. The number of rotatable bonds is 6. The fourth-order valence-corrected chi connectivity index (χ4v) is 2.27. The maximum atomic E-state index is 13.0. The van der Waals surface area contributed by atoms with Crippen LogP contribution in [-0.2, 0) is 22.3 Å². The van der Waals surface area contributed by atoms with E-state index >= 15 is 0 Å². The van der Waals surface area contributed by atoms with Crippen molar-refractivity contribution in [3.63, 3.8) is 0 Å². The predicted octanol–water partition coefficient (Wildman–Crippen LogP) is 1.27. The molecule has 1 saturated carbocycles. The fraction of sp³-hybridized carbons (Fsp3) is 0.467. The van der Waals surface area contributed by atoms with Crippen LogP contribution in [0.5, 0.6) is 0 Å². The number of nitrogens with one attached hydrogen (secondary N) is 1. The highest BCUT2D eigenvalue weighted by Crippen LogP contribution is 2.34. The van der Waals surface area contributed by atoms with Gasteiger partial charge in [0, 0.05) is 12.6 Å². The number of halogens is 3. The molecule has 126 valence electrons. The second-order valence-electron chi connectivity index (χ2n) is 5.39. The van der Waals surface area contributed by atoms with E-state index in [1.165, 1.54) is 23.1 Å². The van der Waals surface area contributed by atoms with E-state index in [1.54, 1.807) is 0 Å². The van der Waals surface area contributed by atoms with Crippen LogP contribution in [0.4, 0.5) is 13.2 Å². The van der Waals surface area contributed by atoms with Crippen LogP contribution >= 0.6 is 0 Å². The monoisotopic (exact) mass is 329 g/mol. The van der Waals surface area contributed by atoms with Crippen LogP contribution < -0.4 is 11.1 Å². The summed E-state index contributed by atoms with van der Waals surface area (Å²) in [6.45, 7) is -0.633. The summed E-state index contributed by atoms with van der Waals surface area (Å²) in [5.41, 5.74) is 4.44. The first-order valence-electron chi connectivity index (χ1n) is 7.24. The van der Waals surface area contributed by atoms with Crippen molar-refractivity contribution in [1.82, 2.24) is 10.2 Å². The van der Waals surface area contributed by atoms with Gasteiger partial charge in [-0.25, -0.2) is 0 Å². The molecule has 0 aliphatic heterocycles. The first-order valence-corrected chi connectivity index (χ1v) is 7.24. The molecule has 0 bridgehead atoms. The number of alkyl halides is 3. The summed E-state index contributed by atoms with van der Waals surface area (Å²) in [5.74, 6) is -0.893. The molecule has 1 fully saturated rings. The molecule has 1 aromatic rings. The molecular formula is C15H18F3N3O2. The molecule has 0 saturated heterocycles. The number of hydrogen-bond donors (Lipinski definition) is 2. The Kier molecular flexibility index (Phi) is 5.25. The van der Waals surface area contributed by atoms with Gasteiger partial charge >= 0.3 is 6.18 Å². The normalized spacial score (nSPS) is 14.4. The van der Waals surface area contributed by atoms with Crippen LogP contribution in [0.1, 0.15) is 24.0 Å². The Morgan fingerprint density at radius 1 is 1.26 bits per heavy atom. The van der Waals surface area contributed by atoms with Crippen molar-refractivity contribution < 1.29 is 22.8 Å². The molecule has 8 heteroatoms. The Hall–Kier alpha value is -2.09. The highest BCUT2D eigenvalue weighted by molar-refractivity contribution is 5.85. The Labute approximate surface area is 131 Å². The molecule has 0 unspecified atom stereocenters. The molecule has 1 aromatic carbocycles. The first-order chi connectivity index (χ1) is 10.8. The molecular weight excluding hydrogens is 311 g/mol. The van der Waals surface area contributed by atoms with Crippen LogP contribution in [0.3, 0.4) is 0 Å². The largest absolute Gasteiger partial charge is 0.416 e. The molecule has 1 aliphatic rings. The summed E-state index contributed by atoms with van der Waals surface area (Å²) in [4.78, 5) is 24.7. The maximum absolute atomic E-state index is 13.0. The highest BCUT2D eigenvalue weighted by Gasteiger charge is 2.36. The van der Waals surface area contributed by atoms with E-state index in [1.807, 2.05) is 0 Å². The van der Waals surface area contributed by atoms with E-state index in [2.05, 4.69) is 5.32 Å². The maximum Gasteiger partial charge on any atom is 0.416 e. The Morgan fingerprint density at radius 3 is 2.48 bits per heavy atom. The van der Waals surface area contributed by atoms with Gasteiger partial charge < -0.3 is 16.0 Å². The van der Waals surface area contributed by atoms with E-state index in [4.69, 9.17) is 5.73 Å². The standard InChI is InChI=1S/C15H18F3N3O2/c16-15(17,18)12-4-2-1-3-10(12)9-21(11-5-6-11)14(23)8-20-13(22)7-19/h1-4,11H,5-9,19H2,(H,20,22). The average molecular weight is 329 g/mol. The molecule has 0 aromatic heterocycles. The lowest BCUT2D eigenvalue weighted by Gasteiger charge is -2.24. The van der Waals surface area contributed by atoms with Gasteiger partial charge in [0.05, 0.1) is 18.7 Å². The van der Waals surface area contributed by atoms with E-state index in [0.29, 0.717) is 0 Å². The number of nitrogens with zero attached hydrogens (tertiary/aromatic N) is 1. The van der Waals surface area contributed by atoms with Gasteiger partial charge in [0.25, 0.3) is 0 Å². The van der Waals surface area contributed by atoms with Crippen molar-refractivity contribution in [2.45, 2.75) is 31.6 Å². The summed E-state index contributed by atoms with van der Waals surface area (Å²) >= 11 is 0. The number of carbonyl (C=O) groups is 2. The van der Waals surface area contributed by atoms with Crippen LogP contribution in [0, 0.1) is 0 Å². The quantitative estimate of drug-likeness (QED) is 0.825.